The Morgan fingerprint density at radius 1 is 1.67 bits per heavy atom. The third-order valence-electron chi connectivity index (χ3n) is 0.863. The molecule has 1 heterocycles. The number of aromatic nitrogens is 1. The summed E-state index contributed by atoms with van der Waals surface area (Å²) in [4.78, 5) is 13.1. The molecule has 0 unspecified atom stereocenters. The second kappa shape index (κ2) is 6.79. The summed E-state index contributed by atoms with van der Waals surface area (Å²) in [5, 5.41) is 8.26. The second-order valence-electron chi connectivity index (χ2n) is 1.97. The molecule has 0 spiro atoms. The number of aliphatic carboxylic acids is 1. The summed E-state index contributed by atoms with van der Waals surface area (Å²) in [5.74, 6) is -0.833. The van der Waals surface area contributed by atoms with Crippen molar-refractivity contribution in [2.24, 2.45) is 0 Å². The number of halogens is 1. The minimum atomic E-state index is -0.833. The summed E-state index contributed by atoms with van der Waals surface area (Å²) in [6, 6.07) is 5.87. The minimum Gasteiger partial charge on any atom is -0.481 e. The van der Waals surface area contributed by atoms with E-state index >= 15 is 0 Å². The van der Waals surface area contributed by atoms with Crippen molar-refractivity contribution in [3.63, 3.8) is 0 Å². The fraction of sp³-hybridized carbons (Fsp3) is 0.250. The normalized spacial score (nSPS) is 8.17. The standard InChI is InChI=1S/C6H6BrN.C2H4O2/c7-5-6-3-1-2-4-8-6;1-2(3)4/h1-4H,5H2;1H3,(H,3,4). The predicted octanol–water partition coefficient (Wildman–Crippen LogP) is 2.07. The summed E-state index contributed by atoms with van der Waals surface area (Å²) in [6.07, 6.45) is 1.79. The maximum absolute atomic E-state index is 9.00. The van der Waals surface area contributed by atoms with Gasteiger partial charge in [0.25, 0.3) is 5.97 Å². The zero-order valence-electron chi connectivity index (χ0n) is 6.70. The first-order chi connectivity index (χ1) is 5.66. The summed E-state index contributed by atoms with van der Waals surface area (Å²) >= 11 is 3.29. The first kappa shape index (κ1) is 11.1. The monoisotopic (exact) mass is 231 g/mol. The van der Waals surface area contributed by atoms with E-state index in [1.165, 1.54) is 0 Å². The number of alkyl halides is 1. The quantitative estimate of drug-likeness (QED) is 0.754. The summed E-state index contributed by atoms with van der Waals surface area (Å²) < 4.78 is 0. The van der Waals surface area contributed by atoms with Crippen LogP contribution in [0.2, 0.25) is 0 Å². The molecule has 1 aromatic heterocycles. The number of hydrogen-bond acceptors (Lipinski definition) is 2. The van der Waals surface area contributed by atoms with Crippen LogP contribution in [-0.2, 0) is 10.1 Å². The van der Waals surface area contributed by atoms with E-state index in [9.17, 15) is 0 Å². The van der Waals surface area contributed by atoms with Crippen molar-refractivity contribution in [3.05, 3.63) is 30.1 Å². The predicted molar refractivity (Wildman–Crippen MR) is 50.2 cm³/mol. The smallest absolute Gasteiger partial charge is 0.300 e. The second-order valence-corrected chi connectivity index (χ2v) is 2.53. The van der Waals surface area contributed by atoms with E-state index in [2.05, 4.69) is 20.9 Å². The van der Waals surface area contributed by atoms with Gasteiger partial charge in [0.1, 0.15) is 0 Å². The zero-order chi connectivity index (χ0) is 9.40. The van der Waals surface area contributed by atoms with Crippen molar-refractivity contribution in [3.8, 4) is 0 Å². The van der Waals surface area contributed by atoms with E-state index in [1.807, 2.05) is 18.2 Å². The number of carboxylic acid groups (broad SMARTS) is 1. The molecule has 0 bridgehead atoms. The van der Waals surface area contributed by atoms with Crippen LogP contribution in [0.5, 0.6) is 0 Å². The maximum Gasteiger partial charge on any atom is 0.300 e. The summed E-state index contributed by atoms with van der Waals surface area (Å²) in [7, 11) is 0. The first-order valence-corrected chi connectivity index (χ1v) is 4.44. The highest BCUT2D eigenvalue weighted by Gasteiger charge is 1.83. The van der Waals surface area contributed by atoms with Crippen LogP contribution in [0.25, 0.3) is 0 Å². The molecule has 0 radical (unpaired) electrons. The Hall–Kier alpha value is -0.900. The Labute approximate surface area is 79.6 Å². The van der Waals surface area contributed by atoms with E-state index in [0.717, 1.165) is 17.9 Å². The maximum atomic E-state index is 9.00. The van der Waals surface area contributed by atoms with E-state index < -0.39 is 5.97 Å². The van der Waals surface area contributed by atoms with Crippen LogP contribution in [0.15, 0.2) is 24.4 Å². The third kappa shape index (κ3) is 7.21. The lowest BCUT2D eigenvalue weighted by Gasteiger charge is -1.87. The lowest BCUT2D eigenvalue weighted by Crippen LogP contribution is -1.78. The third-order valence-corrected chi connectivity index (χ3v) is 1.44. The van der Waals surface area contributed by atoms with Crippen LogP contribution in [0.3, 0.4) is 0 Å². The van der Waals surface area contributed by atoms with Crippen LogP contribution < -0.4 is 0 Å². The van der Waals surface area contributed by atoms with Crippen molar-refractivity contribution in [2.45, 2.75) is 12.3 Å². The van der Waals surface area contributed by atoms with Crippen molar-refractivity contribution >= 4 is 21.9 Å². The molecular weight excluding hydrogens is 222 g/mol. The van der Waals surface area contributed by atoms with Gasteiger partial charge in [0.15, 0.2) is 0 Å². The van der Waals surface area contributed by atoms with Gasteiger partial charge in [-0.15, -0.1) is 0 Å². The Morgan fingerprint density at radius 2 is 2.25 bits per heavy atom. The average molecular weight is 232 g/mol. The van der Waals surface area contributed by atoms with Gasteiger partial charge in [0, 0.05) is 18.5 Å². The zero-order valence-corrected chi connectivity index (χ0v) is 8.28. The van der Waals surface area contributed by atoms with Crippen molar-refractivity contribution in [1.82, 2.24) is 4.98 Å². The molecule has 3 nitrogen and oxygen atoms in total. The van der Waals surface area contributed by atoms with E-state index in [0.29, 0.717) is 0 Å². The number of nitrogens with zero attached hydrogens (tertiary/aromatic N) is 1. The van der Waals surface area contributed by atoms with Gasteiger partial charge < -0.3 is 5.11 Å². The molecular formula is C8H10BrNO2. The van der Waals surface area contributed by atoms with Crippen LogP contribution in [0.1, 0.15) is 12.6 Å². The van der Waals surface area contributed by atoms with Gasteiger partial charge in [0.05, 0.1) is 5.69 Å². The molecule has 0 amide bonds. The molecule has 66 valence electrons. The van der Waals surface area contributed by atoms with Crippen molar-refractivity contribution in [2.75, 3.05) is 0 Å². The van der Waals surface area contributed by atoms with Gasteiger partial charge in [-0.05, 0) is 12.1 Å². The van der Waals surface area contributed by atoms with E-state index in [1.54, 1.807) is 6.20 Å². The Bertz CT molecular complexity index is 222. The molecule has 4 heteroatoms. The van der Waals surface area contributed by atoms with Crippen molar-refractivity contribution in [1.29, 1.82) is 0 Å². The Kier molecular flexibility index (Phi) is 6.28. The number of carbonyl (C=O) groups is 1. The molecule has 0 saturated carbocycles. The highest BCUT2D eigenvalue weighted by molar-refractivity contribution is 9.08. The molecule has 0 aliphatic rings. The first-order valence-electron chi connectivity index (χ1n) is 3.32. The van der Waals surface area contributed by atoms with Crippen molar-refractivity contribution < 1.29 is 9.90 Å². The van der Waals surface area contributed by atoms with Gasteiger partial charge in [0.2, 0.25) is 0 Å². The van der Waals surface area contributed by atoms with Crippen LogP contribution in [0.4, 0.5) is 0 Å². The molecule has 1 aromatic rings. The van der Waals surface area contributed by atoms with E-state index in [4.69, 9.17) is 9.90 Å². The number of hydrogen-bond donors (Lipinski definition) is 1. The molecule has 1 N–H and O–H groups in total. The van der Waals surface area contributed by atoms with Gasteiger partial charge in [-0.25, -0.2) is 0 Å². The molecule has 0 atom stereocenters. The summed E-state index contributed by atoms with van der Waals surface area (Å²) in [5.41, 5.74) is 1.08. The fourth-order valence-electron chi connectivity index (χ4n) is 0.477. The van der Waals surface area contributed by atoms with Crippen LogP contribution in [0, 0.1) is 0 Å². The van der Waals surface area contributed by atoms with Gasteiger partial charge in [-0.2, -0.15) is 0 Å². The fourth-order valence-corrected chi connectivity index (χ4v) is 0.809. The topological polar surface area (TPSA) is 50.2 Å². The highest BCUT2D eigenvalue weighted by atomic mass is 79.9. The molecule has 12 heavy (non-hydrogen) atoms. The lowest BCUT2D eigenvalue weighted by atomic mass is 10.4. The van der Waals surface area contributed by atoms with Crippen LogP contribution >= 0.6 is 15.9 Å². The Morgan fingerprint density at radius 3 is 2.50 bits per heavy atom. The molecule has 1 rings (SSSR count). The van der Waals surface area contributed by atoms with Gasteiger partial charge in [-0.3, -0.25) is 9.78 Å². The Balaban J connectivity index is 0.000000261. The lowest BCUT2D eigenvalue weighted by molar-refractivity contribution is -0.134. The minimum absolute atomic E-state index is 0.833. The highest BCUT2D eigenvalue weighted by Crippen LogP contribution is 1.97. The summed E-state index contributed by atoms with van der Waals surface area (Å²) in [6.45, 7) is 1.08. The van der Waals surface area contributed by atoms with Gasteiger partial charge >= 0.3 is 0 Å². The SMILES string of the molecule is BrCc1ccccn1.CC(=O)O. The number of carboxylic acids is 1. The molecule has 0 aliphatic heterocycles. The molecule has 0 fully saturated rings. The molecule has 0 saturated heterocycles. The number of rotatable bonds is 1. The molecule has 0 aromatic carbocycles. The van der Waals surface area contributed by atoms with E-state index in [-0.39, 0.29) is 0 Å². The largest absolute Gasteiger partial charge is 0.481 e. The van der Waals surface area contributed by atoms with Crippen LogP contribution in [-0.4, -0.2) is 16.1 Å². The van der Waals surface area contributed by atoms with Gasteiger partial charge in [-0.1, -0.05) is 22.0 Å². The number of pyridine rings is 1. The molecule has 0 aliphatic carbocycles. The average Bonchev–Trinajstić information content (AvgIpc) is 2.05.